The van der Waals surface area contributed by atoms with Crippen LogP contribution in [0, 0.1) is 0 Å². The first-order valence-corrected chi connectivity index (χ1v) is 4.72. The predicted molar refractivity (Wildman–Crippen MR) is 55.6 cm³/mol. The number of nitrogens with zero attached hydrogens (tertiary/aromatic N) is 1. The van der Waals surface area contributed by atoms with E-state index >= 15 is 0 Å². The zero-order chi connectivity index (χ0) is 9.52. The Bertz CT molecular complexity index is 223. The zero-order valence-electron chi connectivity index (χ0n) is 8.03. The highest BCUT2D eigenvalue weighted by Gasteiger charge is 1.99. The summed E-state index contributed by atoms with van der Waals surface area (Å²) >= 11 is 0. The minimum Gasteiger partial charge on any atom is -0.382 e. The van der Waals surface area contributed by atoms with Crippen LogP contribution < -0.4 is 11.1 Å². The summed E-state index contributed by atoms with van der Waals surface area (Å²) in [7, 11) is 0. The fourth-order valence-electron chi connectivity index (χ4n) is 1.19. The lowest BCUT2D eigenvalue weighted by atomic mass is 10.2. The molecule has 0 unspecified atom stereocenters. The minimum absolute atomic E-state index is 0.241. The van der Waals surface area contributed by atoms with Crippen LogP contribution in [0.5, 0.6) is 0 Å². The highest BCUT2D eigenvalue weighted by atomic mass is 14.9. The van der Waals surface area contributed by atoms with Crippen LogP contribution in [0.25, 0.3) is 0 Å². The van der Waals surface area contributed by atoms with Gasteiger partial charge in [-0.25, -0.2) is 0 Å². The molecular formula is C10H17N3. The van der Waals surface area contributed by atoms with Crippen LogP contribution in [0.1, 0.15) is 19.8 Å². The van der Waals surface area contributed by atoms with Crippen molar-refractivity contribution >= 4 is 5.69 Å². The van der Waals surface area contributed by atoms with Crippen molar-refractivity contribution in [3.05, 3.63) is 24.5 Å². The van der Waals surface area contributed by atoms with E-state index in [2.05, 4.69) is 17.2 Å². The highest BCUT2D eigenvalue weighted by Crippen LogP contribution is 2.03. The lowest BCUT2D eigenvalue weighted by Gasteiger charge is -2.11. The standard InChI is InChI=1S/C10H17N3/c1-2-4-9(11)7-13-10-5-3-6-12-8-10/h3,5-6,8-9,13H,2,4,7,11H2,1H3/t9-/m0/s1. The molecular weight excluding hydrogens is 162 g/mol. The molecule has 1 heterocycles. The number of aromatic nitrogens is 1. The number of rotatable bonds is 5. The van der Waals surface area contributed by atoms with Gasteiger partial charge in [0.05, 0.1) is 5.69 Å². The number of pyridine rings is 1. The second-order valence-corrected chi connectivity index (χ2v) is 3.17. The van der Waals surface area contributed by atoms with Crippen LogP contribution in [0.3, 0.4) is 0 Å². The molecule has 0 spiro atoms. The summed E-state index contributed by atoms with van der Waals surface area (Å²) < 4.78 is 0. The highest BCUT2D eigenvalue weighted by molar-refractivity contribution is 5.39. The third kappa shape index (κ3) is 3.90. The van der Waals surface area contributed by atoms with Crippen molar-refractivity contribution in [3.8, 4) is 0 Å². The molecule has 0 radical (unpaired) electrons. The maximum atomic E-state index is 5.85. The van der Waals surface area contributed by atoms with Gasteiger partial charge in [0, 0.05) is 25.0 Å². The summed E-state index contributed by atoms with van der Waals surface area (Å²) in [6.45, 7) is 2.96. The molecule has 0 aliphatic rings. The molecule has 1 aromatic heterocycles. The first kappa shape index (κ1) is 9.99. The van der Waals surface area contributed by atoms with Crippen molar-refractivity contribution in [1.29, 1.82) is 0 Å². The molecule has 0 aliphatic heterocycles. The number of anilines is 1. The third-order valence-electron chi connectivity index (χ3n) is 1.89. The Morgan fingerprint density at radius 2 is 2.46 bits per heavy atom. The molecule has 1 rings (SSSR count). The fourth-order valence-corrected chi connectivity index (χ4v) is 1.19. The Kier molecular flexibility index (Phi) is 4.26. The largest absolute Gasteiger partial charge is 0.382 e. The average Bonchev–Trinajstić information content (AvgIpc) is 2.17. The quantitative estimate of drug-likeness (QED) is 0.722. The van der Waals surface area contributed by atoms with Gasteiger partial charge in [-0.1, -0.05) is 13.3 Å². The fraction of sp³-hybridized carbons (Fsp3) is 0.500. The van der Waals surface area contributed by atoms with Gasteiger partial charge in [0.25, 0.3) is 0 Å². The summed E-state index contributed by atoms with van der Waals surface area (Å²) in [4.78, 5) is 4.01. The minimum atomic E-state index is 0.241. The van der Waals surface area contributed by atoms with Crippen molar-refractivity contribution in [1.82, 2.24) is 4.98 Å². The van der Waals surface area contributed by atoms with Gasteiger partial charge < -0.3 is 11.1 Å². The van der Waals surface area contributed by atoms with Gasteiger partial charge >= 0.3 is 0 Å². The molecule has 0 bridgehead atoms. The second kappa shape index (κ2) is 5.54. The maximum Gasteiger partial charge on any atom is 0.0527 e. The molecule has 3 heteroatoms. The SMILES string of the molecule is CCC[C@H](N)CNc1cccnc1. The number of nitrogens with one attached hydrogen (secondary N) is 1. The van der Waals surface area contributed by atoms with Crippen molar-refractivity contribution in [2.24, 2.45) is 5.73 Å². The Balaban J connectivity index is 2.27. The van der Waals surface area contributed by atoms with Crippen molar-refractivity contribution in [3.63, 3.8) is 0 Å². The summed E-state index contributed by atoms with van der Waals surface area (Å²) in [6.07, 6.45) is 5.76. The molecule has 1 aromatic rings. The van der Waals surface area contributed by atoms with Crippen LogP contribution in [0.4, 0.5) is 5.69 Å². The number of hydrogen-bond acceptors (Lipinski definition) is 3. The van der Waals surface area contributed by atoms with E-state index in [1.807, 2.05) is 12.1 Å². The summed E-state index contributed by atoms with van der Waals surface area (Å²) in [5.74, 6) is 0. The van der Waals surface area contributed by atoms with Gasteiger partial charge in [0.15, 0.2) is 0 Å². The molecule has 3 nitrogen and oxygen atoms in total. The van der Waals surface area contributed by atoms with E-state index in [1.54, 1.807) is 12.4 Å². The van der Waals surface area contributed by atoms with E-state index in [0.29, 0.717) is 0 Å². The molecule has 0 aromatic carbocycles. The van der Waals surface area contributed by atoms with Crippen LogP contribution >= 0.6 is 0 Å². The molecule has 3 N–H and O–H groups in total. The molecule has 13 heavy (non-hydrogen) atoms. The van der Waals surface area contributed by atoms with Crippen LogP contribution in [-0.2, 0) is 0 Å². The van der Waals surface area contributed by atoms with E-state index in [-0.39, 0.29) is 6.04 Å². The second-order valence-electron chi connectivity index (χ2n) is 3.17. The Morgan fingerprint density at radius 3 is 3.08 bits per heavy atom. The van der Waals surface area contributed by atoms with Gasteiger partial charge in [-0.05, 0) is 18.6 Å². The monoisotopic (exact) mass is 179 g/mol. The lowest BCUT2D eigenvalue weighted by Crippen LogP contribution is -2.28. The van der Waals surface area contributed by atoms with Crippen molar-refractivity contribution in [2.75, 3.05) is 11.9 Å². The Labute approximate surface area is 79.4 Å². The molecule has 0 fully saturated rings. The molecule has 0 amide bonds. The average molecular weight is 179 g/mol. The van der Waals surface area contributed by atoms with Crippen LogP contribution in [-0.4, -0.2) is 17.6 Å². The Hall–Kier alpha value is -1.09. The van der Waals surface area contributed by atoms with Gasteiger partial charge in [-0.2, -0.15) is 0 Å². The van der Waals surface area contributed by atoms with E-state index in [0.717, 1.165) is 25.1 Å². The first-order chi connectivity index (χ1) is 6.33. The van der Waals surface area contributed by atoms with Crippen molar-refractivity contribution in [2.45, 2.75) is 25.8 Å². The third-order valence-corrected chi connectivity index (χ3v) is 1.89. The Morgan fingerprint density at radius 1 is 1.62 bits per heavy atom. The molecule has 0 saturated carbocycles. The van der Waals surface area contributed by atoms with Gasteiger partial charge in [0.1, 0.15) is 0 Å². The van der Waals surface area contributed by atoms with E-state index < -0.39 is 0 Å². The van der Waals surface area contributed by atoms with E-state index in [1.165, 1.54) is 0 Å². The van der Waals surface area contributed by atoms with Gasteiger partial charge in [-0.3, -0.25) is 4.98 Å². The van der Waals surface area contributed by atoms with Gasteiger partial charge in [0.2, 0.25) is 0 Å². The lowest BCUT2D eigenvalue weighted by molar-refractivity contribution is 0.627. The summed E-state index contributed by atoms with van der Waals surface area (Å²) in [5, 5.41) is 3.24. The summed E-state index contributed by atoms with van der Waals surface area (Å²) in [6, 6.07) is 4.14. The van der Waals surface area contributed by atoms with Crippen LogP contribution in [0.2, 0.25) is 0 Å². The smallest absolute Gasteiger partial charge is 0.0527 e. The van der Waals surface area contributed by atoms with Gasteiger partial charge in [-0.15, -0.1) is 0 Å². The molecule has 1 atom stereocenters. The normalized spacial score (nSPS) is 12.5. The summed E-state index contributed by atoms with van der Waals surface area (Å²) in [5.41, 5.74) is 6.89. The van der Waals surface area contributed by atoms with E-state index in [9.17, 15) is 0 Å². The molecule has 0 aliphatic carbocycles. The molecule has 72 valence electrons. The molecule has 0 saturated heterocycles. The van der Waals surface area contributed by atoms with Crippen LogP contribution in [0.15, 0.2) is 24.5 Å². The topological polar surface area (TPSA) is 50.9 Å². The maximum absolute atomic E-state index is 5.85. The number of hydrogen-bond donors (Lipinski definition) is 2. The first-order valence-electron chi connectivity index (χ1n) is 4.72. The zero-order valence-corrected chi connectivity index (χ0v) is 8.03. The van der Waals surface area contributed by atoms with E-state index in [4.69, 9.17) is 5.73 Å². The predicted octanol–water partition coefficient (Wildman–Crippen LogP) is 1.62. The number of nitrogens with two attached hydrogens (primary N) is 1. The van der Waals surface area contributed by atoms with Crippen molar-refractivity contribution < 1.29 is 0 Å².